The average Bonchev–Trinajstić information content (AvgIpc) is 2.87. The summed E-state index contributed by atoms with van der Waals surface area (Å²) in [5.74, 6) is 0.267. The first-order chi connectivity index (χ1) is 10.0. The maximum Gasteiger partial charge on any atom is 0.258 e. The molecule has 4 heteroatoms. The first kappa shape index (κ1) is 13.7. The van der Waals surface area contributed by atoms with Crippen LogP contribution < -0.4 is 5.32 Å². The number of benzene rings is 1. The smallest absolute Gasteiger partial charge is 0.258 e. The molecule has 0 aliphatic heterocycles. The van der Waals surface area contributed by atoms with E-state index in [4.69, 9.17) is 0 Å². The zero-order chi connectivity index (χ0) is 15.0. The van der Waals surface area contributed by atoms with Crippen LogP contribution in [0.25, 0.3) is 0 Å². The van der Waals surface area contributed by atoms with Gasteiger partial charge in [0.15, 0.2) is 0 Å². The molecule has 0 radical (unpaired) electrons. The van der Waals surface area contributed by atoms with E-state index >= 15 is 0 Å². The summed E-state index contributed by atoms with van der Waals surface area (Å²) in [6.45, 7) is 5.90. The Kier molecular flexibility index (Phi) is 3.45. The van der Waals surface area contributed by atoms with Crippen LogP contribution in [0.4, 0.5) is 5.95 Å². The quantitative estimate of drug-likeness (QED) is 0.920. The van der Waals surface area contributed by atoms with Gasteiger partial charge >= 0.3 is 0 Å². The minimum absolute atomic E-state index is 0.113. The standard InChI is InChI=1S/C17H19N3O/c1-10-7-8-15(14-6-4-5-13(10)14)16(21)20-17-18-11(2)9-12(3)19-17/h7-9H,4-6H2,1-3H3,(H,18,19,20,21). The molecule has 1 amide bonds. The number of fused-ring (bicyclic) bond motifs is 1. The Morgan fingerprint density at radius 1 is 1.05 bits per heavy atom. The Labute approximate surface area is 124 Å². The zero-order valence-electron chi connectivity index (χ0n) is 12.7. The lowest BCUT2D eigenvalue weighted by Crippen LogP contribution is -2.17. The van der Waals surface area contributed by atoms with Crippen molar-refractivity contribution in [1.82, 2.24) is 9.97 Å². The third-order valence-electron chi connectivity index (χ3n) is 3.97. The normalized spacial score (nSPS) is 13.1. The number of carbonyl (C=O) groups excluding carboxylic acids is 1. The third-order valence-corrected chi connectivity index (χ3v) is 3.97. The highest BCUT2D eigenvalue weighted by Gasteiger charge is 2.21. The summed E-state index contributed by atoms with van der Waals surface area (Å²) in [5, 5.41) is 2.83. The van der Waals surface area contributed by atoms with Crippen LogP contribution in [-0.2, 0) is 12.8 Å². The molecule has 3 rings (SSSR count). The molecular weight excluding hydrogens is 262 g/mol. The molecule has 4 nitrogen and oxygen atoms in total. The van der Waals surface area contributed by atoms with Crippen LogP contribution in [0.5, 0.6) is 0 Å². The molecule has 0 spiro atoms. The molecule has 21 heavy (non-hydrogen) atoms. The fourth-order valence-corrected chi connectivity index (χ4v) is 3.05. The molecule has 0 atom stereocenters. The number of hydrogen-bond donors (Lipinski definition) is 1. The summed E-state index contributed by atoms with van der Waals surface area (Å²) >= 11 is 0. The molecule has 0 saturated carbocycles. The molecule has 0 fully saturated rings. The molecule has 0 saturated heterocycles. The topological polar surface area (TPSA) is 54.9 Å². The second kappa shape index (κ2) is 5.28. The zero-order valence-corrected chi connectivity index (χ0v) is 12.7. The van der Waals surface area contributed by atoms with Crippen molar-refractivity contribution >= 4 is 11.9 Å². The maximum absolute atomic E-state index is 12.5. The highest BCUT2D eigenvalue weighted by molar-refractivity contribution is 6.04. The van der Waals surface area contributed by atoms with Crippen LogP contribution in [0.2, 0.25) is 0 Å². The predicted molar refractivity (Wildman–Crippen MR) is 82.7 cm³/mol. The minimum Gasteiger partial charge on any atom is -0.290 e. The lowest BCUT2D eigenvalue weighted by atomic mass is 9.98. The fourth-order valence-electron chi connectivity index (χ4n) is 3.05. The molecule has 2 aromatic rings. The van der Waals surface area contributed by atoms with Gasteiger partial charge in [-0.25, -0.2) is 9.97 Å². The summed E-state index contributed by atoms with van der Waals surface area (Å²) < 4.78 is 0. The van der Waals surface area contributed by atoms with Gasteiger partial charge < -0.3 is 0 Å². The van der Waals surface area contributed by atoms with Crippen molar-refractivity contribution in [3.63, 3.8) is 0 Å². The van der Waals surface area contributed by atoms with Gasteiger partial charge in [0.25, 0.3) is 5.91 Å². The molecule has 1 aliphatic rings. The van der Waals surface area contributed by atoms with Crippen LogP contribution >= 0.6 is 0 Å². The fraction of sp³-hybridized carbons (Fsp3) is 0.353. The van der Waals surface area contributed by atoms with Crippen molar-refractivity contribution in [2.45, 2.75) is 40.0 Å². The van der Waals surface area contributed by atoms with E-state index in [0.717, 1.165) is 36.2 Å². The van der Waals surface area contributed by atoms with Gasteiger partial charge in [-0.2, -0.15) is 0 Å². The summed E-state index contributed by atoms with van der Waals surface area (Å²) in [6.07, 6.45) is 3.18. The Morgan fingerprint density at radius 2 is 1.71 bits per heavy atom. The summed E-state index contributed by atoms with van der Waals surface area (Å²) in [7, 11) is 0. The number of amides is 1. The first-order valence-corrected chi connectivity index (χ1v) is 7.29. The highest BCUT2D eigenvalue weighted by Crippen LogP contribution is 2.28. The van der Waals surface area contributed by atoms with E-state index in [-0.39, 0.29) is 5.91 Å². The molecule has 1 aliphatic carbocycles. The number of aryl methyl sites for hydroxylation is 3. The number of anilines is 1. The Bertz CT molecular complexity index is 702. The number of nitrogens with one attached hydrogen (secondary N) is 1. The SMILES string of the molecule is Cc1cc(C)nc(NC(=O)c2ccc(C)c3c2CCC3)n1. The average molecular weight is 281 g/mol. The molecule has 1 aromatic carbocycles. The van der Waals surface area contributed by atoms with Crippen molar-refractivity contribution in [1.29, 1.82) is 0 Å². The van der Waals surface area contributed by atoms with Gasteiger partial charge in [0.2, 0.25) is 5.95 Å². The summed E-state index contributed by atoms with van der Waals surface area (Å²) in [4.78, 5) is 21.1. The second-order valence-corrected chi connectivity index (χ2v) is 5.67. The highest BCUT2D eigenvalue weighted by atomic mass is 16.1. The largest absolute Gasteiger partial charge is 0.290 e. The van der Waals surface area contributed by atoms with E-state index in [1.54, 1.807) is 0 Å². The molecule has 1 N–H and O–H groups in total. The van der Waals surface area contributed by atoms with E-state index in [9.17, 15) is 4.79 Å². The Morgan fingerprint density at radius 3 is 2.43 bits per heavy atom. The predicted octanol–water partition coefficient (Wildman–Crippen LogP) is 3.14. The van der Waals surface area contributed by atoms with Crippen molar-refractivity contribution in [3.8, 4) is 0 Å². The minimum atomic E-state index is -0.113. The second-order valence-electron chi connectivity index (χ2n) is 5.67. The molecule has 0 unspecified atom stereocenters. The lowest BCUT2D eigenvalue weighted by Gasteiger charge is -2.11. The number of hydrogen-bond acceptors (Lipinski definition) is 3. The first-order valence-electron chi connectivity index (χ1n) is 7.29. The number of nitrogens with zero attached hydrogens (tertiary/aromatic N) is 2. The summed E-state index contributed by atoms with van der Waals surface area (Å²) in [6, 6.07) is 5.83. The van der Waals surface area contributed by atoms with Gasteiger partial charge in [-0.1, -0.05) is 6.07 Å². The maximum atomic E-state index is 12.5. The van der Waals surface area contributed by atoms with E-state index in [0.29, 0.717) is 5.95 Å². The third kappa shape index (κ3) is 2.66. The monoisotopic (exact) mass is 281 g/mol. The molecule has 1 heterocycles. The van der Waals surface area contributed by atoms with E-state index in [1.807, 2.05) is 32.0 Å². The molecule has 0 bridgehead atoms. The number of aromatic nitrogens is 2. The number of carbonyl (C=O) groups is 1. The van der Waals surface area contributed by atoms with Gasteiger partial charge in [0.1, 0.15) is 0 Å². The van der Waals surface area contributed by atoms with E-state index < -0.39 is 0 Å². The molecule has 1 aromatic heterocycles. The lowest BCUT2D eigenvalue weighted by molar-refractivity contribution is 0.102. The number of rotatable bonds is 2. The van der Waals surface area contributed by atoms with Crippen LogP contribution in [0.1, 0.15) is 44.9 Å². The van der Waals surface area contributed by atoms with Crippen molar-refractivity contribution in [2.24, 2.45) is 0 Å². The van der Waals surface area contributed by atoms with Gasteiger partial charge in [0, 0.05) is 17.0 Å². The molecular formula is C17H19N3O. The summed E-state index contributed by atoms with van der Waals surface area (Å²) in [5.41, 5.74) is 6.28. The van der Waals surface area contributed by atoms with Gasteiger partial charge in [0.05, 0.1) is 0 Å². The van der Waals surface area contributed by atoms with Crippen LogP contribution in [-0.4, -0.2) is 15.9 Å². The van der Waals surface area contributed by atoms with Gasteiger partial charge in [-0.05, 0) is 68.9 Å². The Hall–Kier alpha value is -2.23. The molecule has 108 valence electrons. The van der Waals surface area contributed by atoms with E-state index in [2.05, 4.69) is 22.2 Å². The van der Waals surface area contributed by atoms with Gasteiger partial charge in [-0.15, -0.1) is 0 Å². The van der Waals surface area contributed by atoms with Crippen molar-refractivity contribution < 1.29 is 4.79 Å². The Balaban J connectivity index is 1.91. The van der Waals surface area contributed by atoms with Crippen molar-refractivity contribution in [2.75, 3.05) is 5.32 Å². The van der Waals surface area contributed by atoms with Crippen LogP contribution in [0, 0.1) is 20.8 Å². The van der Waals surface area contributed by atoms with Crippen LogP contribution in [0.15, 0.2) is 18.2 Å². The van der Waals surface area contributed by atoms with E-state index in [1.165, 1.54) is 16.7 Å². The van der Waals surface area contributed by atoms with Crippen molar-refractivity contribution in [3.05, 3.63) is 51.8 Å². The van der Waals surface area contributed by atoms with Crippen LogP contribution in [0.3, 0.4) is 0 Å². The van der Waals surface area contributed by atoms with Gasteiger partial charge in [-0.3, -0.25) is 10.1 Å².